The molecule has 0 spiro atoms. The number of amides is 1. The fourth-order valence-electron chi connectivity index (χ4n) is 3.32. The first-order chi connectivity index (χ1) is 11.2. The summed E-state index contributed by atoms with van der Waals surface area (Å²) in [6, 6.07) is 5.96. The van der Waals surface area contributed by atoms with Crippen LogP contribution in [0.5, 0.6) is 11.5 Å². The molecule has 1 aromatic rings. The average molecular weight is 317 g/mol. The van der Waals surface area contributed by atoms with Crippen molar-refractivity contribution in [1.82, 2.24) is 5.32 Å². The summed E-state index contributed by atoms with van der Waals surface area (Å²) in [5.74, 6) is 1.94. The Bertz CT molecular complexity index is 548. The lowest BCUT2D eigenvalue weighted by Crippen LogP contribution is -2.35. The van der Waals surface area contributed by atoms with Crippen LogP contribution in [-0.2, 0) is 4.79 Å². The maximum absolute atomic E-state index is 12.1. The summed E-state index contributed by atoms with van der Waals surface area (Å²) >= 11 is 0. The molecule has 1 amide bonds. The molecule has 1 aromatic carbocycles. The number of nitrogens with one attached hydrogen (secondary N) is 1. The molecule has 2 aliphatic carbocycles. The third kappa shape index (κ3) is 3.80. The SMILES string of the molecule is COc1cc(C(C)NC(=O)C2CCC2)ccc1OC1CCCC1. The van der Waals surface area contributed by atoms with Gasteiger partial charge < -0.3 is 14.8 Å². The number of rotatable bonds is 6. The van der Waals surface area contributed by atoms with Gasteiger partial charge in [0.25, 0.3) is 0 Å². The van der Waals surface area contributed by atoms with Crippen molar-refractivity contribution in [2.75, 3.05) is 7.11 Å². The van der Waals surface area contributed by atoms with Crippen molar-refractivity contribution in [3.63, 3.8) is 0 Å². The molecule has 0 saturated heterocycles. The van der Waals surface area contributed by atoms with Crippen molar-refractivity contribution in [3.05, 3.63) is 23.8 Å². The number of carbonyl (C=O) groups is 1. The third-order valence-electron chi connectivity index (χ3n) is 5.12. The first-order valence-electron chi connectivity index (χ1n) is 8.82. The van der Waals surface area contributed by atoms with Gasteiger partial charge in [-0.1, -0.05) is 12.5 Å². The second-order valence-corrected chi connectivity index (χ2v) is 6.79. The summed E-state index contributed by atoms with van der Waals surface area (Å²) in [6.07, 6.45) is 8.27. The monoisotopic (exact) mass is 317 g/mol. The van der Waals surface area contributed by atoms with Crippen LogP contribution in [0, 0.1) is 5.92 Å². The van der Waals surface area contributed by atoms with Gasteiger partial charge in [-0.2, -0.15) is 0 Å². The molecule has 1 atom stereocenters. The molecule has 1 unspecified atom stereocenters. The number of benzene rings is 1. The average Bonchev–Trinajstić information content (AvgIpc) is 2.98. The van der Waals surface area contributed by atoms with Gasteiger partial charge in [0.05, 0.1) is 19.3 Å². The quantitative estimate of drug-likeness (QED) is 0.863. The highest BCUT2D eigenvalue weighted by Gasteiger charge is 2.26. The largest absolute Gasteiger partial charge is 0.493 e. The zero-order valence-electron chi connectivity index (χ0n) is 14.1. The van der Waals surface area contributed by atoms with Crippen molar-refractivity contribution < 1.29 is 14.3 Å². The van der Waals surface area contributed by atoms with E-state index >= 15 is 0 Å². The van der Waals surface area contributed by atoms with Crippen molar-refractivity contribution in [2.24, 2.45) is 5.92 Å². The van der Waals surface area contributed by atoms with Crippen LogP contribution >= 0.6 is 0 Å². The Hall–Kier alpha value is -1.71. The Morgan fingerprint density at radius 3 is 2.48 bits per heavy atom. The van der Waals surface area contributed by atoms with E-state index in [1.165, 1.54) is 19.3 Å². The van der Waals surface area contributed by atoms with Gasteiger partial charge in [-0.05, 0) is 63.1 Å². The van der Waals surface area contributed by atoms with Gasteiger partial charge in [0.1, 0.15) is 0 Å². The lowest BCUT2D eigenvalue weighted by atomic mass is 9.84. The Balaban J connectivity index is 1.65. The third-order valence-corrected chi connectivity index (χ3v) is 5.12. The van der Waals surface area contributed by atoms with Gasteiger partial charge in [0.2, 0.25) is 5.91 Å². The lowest BCUT2D eigenvalue weighted by Gasteiger charge is -2.26. The zero-order valence-corrected chi connectivity index (χ0v) is 14.1. The van der Waals surface area contributed by atoms with Crippen LogP contribution in [0.4, 0.5) is 0 Å². The van der Waals surface area contributed by atoms with Crippen LogP contribution in [0.3, 0.4) is 0 Å². The van der Waals surface area contributed by atoms with Crippen LogP contribution in [0.15, 0.2) is 18.2 Å². The summed E-state index contributed by atoms with van der Waals surface area (Å²) in [5, 5.41) is 3.11. The molecule has 23 heavy (non-hydrogen) atoms. The van der Waals surface area contributed by atoms with Crippen molar-refractivity contribution in [1.29, 1.82) is 0 Å². The summed E-state index contributed by atoms with van der Waals surface area (Å²) < 4.78 is 11.6. The minimum absolute atomic E-state index is 0.0162. The van der Waals surface area contributed by atoms with Crippen LogP contribution in [0.25, 0.3) is 0 Å². The molecule has 0 heterocycles. The summed E-state index contributed by atoms with van der Waals surface area (Å²) in [7, 11) is 1.66. The van der Waals surface area contributed by atoms with E-state index in [0.29, 0.717) is 6.10 Å². The molecule has 0 radical (unpaired) electrons. The van der Waals surface area contributed by atoms with Crippen LogP contribution in [0.2, 0.25) is 0 Å². The van der Waals surface area contributed by atoms with Gasteiger partial charge in [-0.3, -0.25) is 4.79 Å². The molecular weight excluding hydrogens is 290 g/mol. The lowest BCUT2D eigenvalue weighted by molar-refractivity contribution is -0.128. The summed E-state index contributed by atoms with van der Waals surface area (Å²) in [6.45, 7) is 2.02. The first kappa shape index (κ1) is 16.2. The molecule has 2 aliphatic rings. The zero-order chi connectivity index (χ0) is 16.2. The van der Waals surface area contributed by atoms with Crippen LogP contribution < -0.4 is 14.8 Å². The van der Waals surface area contributed by atoms with Gasteiger partial charge in [-0.25, -0.2) is 0 Å². The fraction of sp³-hybridized carbons (Fsp3) is 0.632. The Kier molecular flexibility index (Phi) is 5.09. The van der Waals surface area contributed by atoms with Gasteiger partial charge in [-0.15, -0.1) is 0 Å². The Morgan fingerprint density at radius 1 is 1.13 bits per heavy atom. The minimum atomic E-state index is -0.0162. The molecule has 1 N–H and O–H groups in total. The van der Waals surface area contributed by atoms with Crippen molar-refractivity contribution in [3.8, 4) is 11.5 Å². The number of ether oxygens (including phenoxy) is 2. The summed E-state index contributed by atoms with van der Waals surface area (Å²) in [5.41, 5.74) is 1.05. The Labute approximate surface area is 138 Å². The maximum Gasteiger partial charge on any atom is 0.223 e. The predicted molar refractivity (Wildman–Crippen MR) is 89.8 cm³/mol. The van der Waals surface area contributed by atoms with E-state index in [-0.39, 0.29) is 17.9 Å². The topological polar surface area (TPSA) is 47.6 Å². The second kappa shape index (κ2) is 7.24. The summed E-state index contributed by atoms with van der Waals surface area (Å²) in [4.78, 5) is 12.1. The highest BCUT2D eigenvalue weighted by atomic mass is 16.5. The van der Waals surface area contributed by atoms with Gasteiger partial charge in [0, 0.05) is 5.92 Å². The molecule has 2 saturated carbocycles. The van der Waals surface area contributed by atoms with E-state index in [4.69, 9.17) is 9.47 Å². The second-order valence-electron chi connectivity index (χ2n) is 6.79. The number of hydrogen-bond acceptors (Lipinski definition) is 3. The van der Waals surface area contributed by atoms with Crippen molar-refractivity contribution in [2.45, 2.75) is 64.0 Å². The smallest absolute Gasteiger partial charge is 0.223 e. The van der Waals surface area contributed by atoms with E-state index < -0.39 is 0 Å². The highest BCUT2D eigenvalue weighted by molar-refractivity contribution is 5.79. The van der Waals surface area contributed by atoms with E-state index in [0.717, 1.165) is 42.7 Å². The van der Waals surface area contributed by atoms with Crippen LogP contribution in [0.1, 0.15) is 63.5 Å². The first-order valence-corrected chi connectivity index (χ1v) is 8.82. The predicted octanol–water partition coefficient (Wildman–Crippen LogP) is 3.99. The fourth-order valence-corrected chi connectivity index (χ4v) is 3.32. The van der Waals surface area contributed by atoms with Crippen molar-refractivity contribution >= 4 is 5.91 Å². The Morgan fingerprint density at radius 2 is 1.87 bits per heavy atom. The maximum atomic E-state index is 12.1. The number of carbonyl (C=O) groups excluding carboxylic acids is 1. The molecule has 0 bridgehead atoms. The number of hydrogen-bond donors (Lipinski definition) is 1. The molecule has 3 rings (SSSR count). The number of methoxy groups -OCH3 is 1. The molecular formula is C19H27NO3. The molecule has 126 valence electrons. The molecule has 4 heteroatoms. The highest BCUT2D eigenvalue weighted by Crippen LogP contribution is 2.34. The standard InChI is InChI=1S/C19H27NO3/c1-13(20-19(21)14-6-5-7-14)15-10-11-17(18(12-15)22-2)23-16-8-3-4-9-16/h10-14,16H,3-9H2,1-2H3,(H,20,21). The molecule has 0 aromatic heterocycles. The minimum Gasteiger partial charge on any atom is -0.493 e. The van der Waals surface area contributed by atoms with Gasteiger partial charge in [0.15, 0.2) is 11.5 Å². The normalized spacial score (nSPS) is 19.9. The van der Waals surface area contributed by atoms with Gasteiger partial charge >= 0.3 is 0 Å². The molecule has 4 nitrogen and oxygen atoms in total. The van der Waals surface area contributed by atoms with E-state index in [1.807, 2.05) is 25.1 Å². The van der Waals surface area contributed by atoms with Crippen LogP contribution in [-0.4, -0.2) is 19.1 Å². The van der Waals surface area contributed by atoms with E-state index in [1.54, 1.807) is 7.11 Å². The van der Waals surface area contributed by atoms with E-state index in [2.05, 4.69) is 5.32 Å². The van der Waals surface area contributed by atoms with E-state index in [9.17, 15) is 4.79 Å². The molecule has 0 aliphatic heterocycles. The molecule has 2 fully saturated rings.